The van der Waals surface area contributed by atoms with Crippen LogP contribution in [0.5, 0.6) is 5.75 Å². The highest BCUT2D eigenvalue weighted by Gasteiger charge is 2.43. The summed E-state index contributed by atoms with van der Waals surface area (Å²) in [7, 11) is 2.81. The quantitative estimate of drug-likeness (QED) is 0.608. The van der Waals surface area contributed by atoms with Crippen LogP contribution >= 0.6 is 15.9 Å². The van der Waals surface area contributed by atoms with Crippen molar-refractivity contribution in [2.45, 2.75) is 5.60 Å². The lowest BCUT2D eigenvalue weighted by molar-refractivity contribution is -0.159. The van der Waals surface area contributed by atoms with Crippen molar-refractivity contribution in [2.75, 3.05) is 14.2 Å². The number of hydrogen-bond acceptors (Lipinski definition) is 4. The number of esters is 1. The van der Waals surface area contributed by atoms with E-state index in [9.17, 15) is 9.90 Å². The second kappa shape index (κ2) is 7.94. The molecular formula is C22H19BrO4. The predicted molar refractivity (Wildman–Crippen MR) is 108 cm³/mol. The third-order valence-electron chi connectivity index (χ3n) is 4.43. The zero-order valence-electron chi connectivity index (χ0n) is 15.0. The second-order valence-electron chi connectivity index (χ2n) is 5.99. The van der Waals surface area contributed by atoms with E-state index < -0.39 is 11.6 Å². The molecule has 3 aromatic rings. The highest BCUT2D eigenvalue weighted by Crippen LogP contribution is 2.38. The zero-order valence-corrected chi connectivity index (χ0v) is 16.6. The highest BCUT2D eigenvalue weighted by molar-refractivity contribution is 9.10. The number of carbonyl (C=O) groups is 1. The van der Waals surface area contributed by atoms with Crippen LogP contribution < -0.4 is 4.74 Å². The van der Waals surface area contributed by atoms with Crippen LogP contribution in [0.3, 0.4) is 0 Å². The van der Waals surface area contributed by atoms with Crippen molar-refractivity contribution in [1.82, 2.24) is 0 Å². The lowest BCUT2D eigenvalue weighted by Crippen LogP contribution is -2.38. The molecule has 3 rings (SSSR count). The van der Waals surface area contributed by atoms with Gasteiger partial charge in [-0.05, 0) is 29.3 Å². The third kappa shape index (κ3) is 3.61. The molecule has 0 aromatic heterocycles. The van der Waals surface area contributed by atoms with Gasteiger partial charge in [-0.2, -0.15) is 0 Å². The van der Waals surface area contributed by atoms with Crippen molar-refractivity contribution in [2.24, 2.45) is 0 Å². The van der Waals surface area contributed by atoms with Crippen molar-refractivity contribution in [3.8, 4) is 16.9 Å². The van der Waals surface area contributed by atoms with E-state index in [-0.39, 0.29) is 0 Å². The van der Waals surface area contributed by atoms with Crippen LogP contribution in [0.25, 0.3) is 11.1 Å². The highest BCUT2D eigenvalue weighted by atomic mass is 79.9. The SMILES string of the molecule is COC(=O)C(O)(c1cccc(-c2ccccc2)c1)c1ccc(OC)cc1Br. The molecule has 0 aliphatic heterocycles. The Labute approximate surface area is 166 Å². The molecule has 3 aromatic carbocycles. The molecule has 0 radical (unpaired) electrons. The predicted octanol–water partition coefficient (Wildman–Crippen LogP) is 4.53. The maximum absolute atomic E-state index is 12.7. The zero-order chi connectivity index (χ0) is 19.4. The van der Waals surface area contributed by atoms with E-state index in [4.69, 9.17) is 9.47 Å². The lowest BCUT2D eigenvalue weighted by Gasteiger charge is -2.28. The summed E-state index contributed by atoms with van der Waals surface area (Å²) in [4.78, 5) is 12.7. The minimum absolute atomic E-state index is 0.375. The maximum atomic E-state index is 12.7. The first-order valence-corrected chi connectivity index (χ1v) is 9.10. The summed E-state index contributed by atoms with van der Waals surface area (Å²) in [6.07, 6.45) is 0. The van der Waals surface area contributed by atoms with Gasteiger partial charge in [0.1, 0.15) is 5.75 Å². The van der Waals surface area contributed by atoms with Crippen molar-refractivity contribution in [3.63, 3.8) is 0 Å². The number of ether oxygens (including phenoxy) is 2. The van der Waals surface area contributed by atoms with Gasteiger partial charge in [-0.3, -0.25) is 0 Å². The summed E-state index contributed by atoms with van der Waals surface area (Å²) in [5, 5.41) is 11.5. The van der Waals surface area contributed by atoms with Gasteiger partial charge < -0.3 is 14.6 Å². The Bertz CT molecular complexity index is 956. The van der Waals surface area contributed by atoms with E-state index in [2.05, 4.69) is 15.9 Å². The van der Waals surface area contributed by atoms with Crippen LogP contribution in [0.2, 0.25) is 0 Å². The molecule has 0 spiro atoms. The molecule has 0 saturated carbocycles. The number of benzene rings is 3. The molecule has 27 heavy (non-hydrogen) atoms. The fourth-order valence-corrected chi connectivity index (χ4v) is 3.65. The largest absolute Gasteiger partial charge is 0.497 e. The standard InChI is InChI=1S/C22H19BrO4/c1-26-18-11-12-19(20(23)14-18)22(25,21(24)27-2)17-10-6-9-16(13-17)15-7-4-3-5-8-15/h3-14,25H,1-2H3. The van der Waals surface area contributed by atoms with E-state index in [0.29, 0.717) is 21.3 Å². The van der Waals surface area contributed by atoms with Gasteiger partial charge in [0.15, 0.2) is 0 Å². The topological polar surface area (TPSA) is 55.8 Å². The summed E-state index contributed by atoms with van der Waals surface area (Å²) in [6, 6.07) is 22.0. The fourth-order valence-electron chi connectivity index (χ4n) is 3.00. The lowest BCUT2D eigenvalue weighted by atomic mass is 9.85. The summed E-state index contributed by atoms with van der Waals surface area (Å²) in [5.41, 5.74) is 0.701. The first-order chi connectivity index (χ1) is 13.0. The van der Waals surface area contributed by atoms with Crippen molar-refractivity contribution in [3.05, 3.63) is 88.4 Å². The van der Waals surface area contributed by atoms with Gasteiger partial charge in [0.25, 0.3) is 0 Å². The molecule has 0 amide bonds. The van der Waals surface area contributed by atoms with Gasteiger partial charge in [-0.15, -0.1) is 0 Å². The number of aliphatic hydroxyl groups is 1. The van der Waals surface area contributed by atoms with Crippen molar-refractivity contribution >= 4 is 21.9 Å². The average molecular weight is 427 g/mol. The van der Waals surface area contributed by atoms with E-state index in [0.717, 1.165) is 11.1 Å². The molecule has 1 unspecified atom stereocenters. The molecule has 1 N–H and O–H groups in total. The molecule has 0 fully saturated rings. The van der Waals surface area contributed by atoms with Gasteiger partial charge in [-0.1, -0.05) is 70.5 Å². The third-order valence-corrected chi connectivity index (χ3v) is 5.09. The van der Waals surface area contributed by atoms with Crippen molar-refractivity contribution < 1.29 is 19.4 Å². The Morgan fingerprint density at radius 3 is 2.26 bits per heavy atom. The minimum atomic E-state index is -1.97. The van der Waals surface area contributed by atoms with Crippen LogP contribution in [0.1, 0.15) is 11.1 Å². The van der Waals surface area contributed by atoms with Crippen LogP contribution in [-0.4, -0.2) is 25.3 Å². The molecule has 0 heterocycles. The summed E-state index contributed by atoms with van der Waals surface area (Å²) < 4.78 is 10.7. The van der Waals surface area contributed by atoms with Gasteiger partial charge in [0, 0.05) is 15.6 Å². The Morgan fingerprint density at radius 2 is 1.63 bits per heavy atom. The maximum Gasteiger partial charge on any atom is 0.347 e. The molecule has 5 heteroatoms. The van der Waals surface area contributed by atoms with Crippen molar-refractivity contribution in [1.29, 1.82) is 0 Å². The smallest absolute Gasteiger partial charge is 0.347 e. The first-order valence-electron chi connectivity index (χ1n) is 8.31. The number of rotatable bonds is 5. The normalized spacial score (nSPS) is 12.9. The molecule has 0 aliphatic carbocycles. The summed E-state index contributed by atoms with van der Waals surface area (Å²) >= 11 is 3.43. The van der Waals surface area contributed by atoms with E-state index in [1.165, 1.54) is 7.11 Å². The Hall–Kier alpha value is -2.63. The Balaban J connectivity index is 2.18. The number of halogens is 1. The van der Waals surface area contributed by atoms with E-state index in [1.54, 1.807) is 37.4 Å². The molecule has 0 aliphatic rings. The molecule has 4 nitrogen and oxygen atoms in total. The number of methoxy groups -OCH3 is 2. The number of hydrogen-bond donors (Lipinski definition) is 1. The van der Waals surface area contributed by atoms with Crippen LogP contribution in [0, 0.1) is 0 Å². The van der Waals surface area contributed by atoms with Crippen LogP contribution in [-0.2, 0) is 15.1 Å². The Kier molecular flexibility index (Phi) is 5.63. The molecular weight excluding hydrogens is 408 g/mol. The Morgan fingerprint density at radius 1 is 0.926 bits per heavy atom. The van der Waals surface area contributed by atoms with Crippen LogP contribution in [0.15, 0.2) is 77.3 Å². The van der Waals surface area contributed by atoms with Gasteiger partial charge in [0.2, 0.25) is 5.60 Å². The number of carbonyl (C=O) groups excluding carboxylic acids is 1. The van der Waals surface area contributed by atoms with Gasteiger partial charge in [0.05, 0.1) is 14.2 Å². The van der Waals surface area contributed by atoms with Gasteiger partial charge >= 0.3 is 5.97 Å². The molecule has 0 bridgehead atoms. The monoisotopic (exact) mass is 426 g/mol. The summed E-state index contributed by atoms with van der Waals surface area (Å²) in [6.45, 7) is 0. The molecule has 138 valence electrons. The average Bonchev–Trinajstić information content (AvgIpc) is 2.73. The van der Waals surface area contributed by atoms with Gasteiger partial charge in [-0.25, -0.2) is 4.79 Å². The molecule has 0 saturated heterocycles. The minimum Gasteiger partial charge on any atom is -0.497 e. The summed E-state index contributed by atoms with van der Waals surface area (Å²) in [5.74, 6) is -0.158. The second-order valence-corrected chi connectivity index (χ2v) is 6.85. The van der Waals surface area contributed by atoms with E-state index >= 15 is 0 Å². The molecule has 1 atom stereocenters. The van der Waals surface area contributed by atoms with Crippen LogP contribution in [0.4, 0.5) is 0 Å². The first kappa shape index (κ1) is 19.1. The fraction of sp³-hybridized carbons (Fsp3) is 0.136. The van der Waals surface area contributed by atoms with E-state index in [1.807, 2.05) is 42.5 Å².